The summed E-state index contributed by atoms with van der Waals surface area (Å²) >= 11 is 0. The zero-order valence-electron chi connectivity index (χ0n) is 19.9. The smallest absolute Gasteiger partial charge is 0.264 e. The molecule has 36 heavy (non-hydrogen) atoms. The van der Waals surface area contributed by atoms with Crippen LogP contribution in [-0.2, 0) is 14.8 Å². The van der Waals surface area contributed by atoms with Crippen LogP contribution in [0.2, 0.25) is 0 Å². The molecule has 0 fully saturated rings. The maximum atomic E-state index is 13.6. The van der Waals surface area contributed by atoms with Gasteiger partial charge in [-0.05, 0) is 60.2 Å². The van der Waals surface area contributed by atoms with Crippen molar-refractivity contribution in [3.05, 3.63) is 103 Å². The molecule has 0 spiro atoms. The summed E-state index contributed by atoms with van der Waals surface area (Å²) in [4.78, 5) is 13.3. The maximum Gasteiger partial charge on any atom is 0.264 e. The summed E-state index contributed by atoms with van der Waals surface area (Å²) in [5, 5.41) is 2.88. The number of benzene rings is 4. The van der Waals surface area contributed by atoms with Gasteiger partial charge in [-0.3, -0.25) is 9.10 Å². The Bertz CT molecular complexity index is 1420. The number of carbonyl (C=O) groups excluding carboxylic acids is 1. The molecule has 4 aromatic rings. The minimum absolute atomic E-state index is 0.0385. The molecule has 0 unspecified atom stereocenters. The van der Waals surface area contributed by atoms with Gasteiger partial charge in [0.15, 0.2) is 0 Å². The predicted octanol–water partition coefficient (Wildman–Crippen LogP) is 5.20. The van der Waals surface area contributed by atoms with E-state index >= 15 is 0 Å². The molecule has 8 heteroatoms. The second-order valence-corrected chi connectivity index (χ2v) is 9.71. The quantitative estimate of drug-likeness (QED) is 0.340. The van der Waals surface area contributed by atoms with Crippen LogP contribution < -0.4 is 19.1 Å². The van der Waals surface area contributed by atoms with E-state index in [1.807, 2.05) is 48.5 Å². The zero-order chi connectivity index (χ0) is 25.5. The Kier molecular flexibility index (Phi) is 7.56. The van der Waals surface area contributed by atoms with Gasteiger partial charge in [0.05, 0.1) is 24.8 Å². The van der Waals surface area contributed by atoms with Crippen molar-refractivity contribution >= 4 is 27.3 Å². The van der Waals surface area contributed by atoms with E-state index in [1.54, 1.807) is 42.5 Å². The Labute approximate surface area is 211 Å². The third-order valence-corrected chi connectivity index (χ3v) is 7.37. The van der Waals surface area contributed by atoms with Gasteiger partial charge in [0.25, 0.3) is 10.0 Å². The molecule has 0 aromatic heterocycles. The van der Waals surface area contributed by atoms with Crippen molar-refractivity contribution in [3.8, 4) is 22.6 Å². The minimum Gasteiger partial charge on any atom is -0.497 e. The number of hydrogen-bond donors (Lipinski definition) is 1. The molecule has 0 aliphatic heterocycles. The van der Waals surface area contributed by atoms with E-state index in [-0.39, 0.29) is 4.90 Å². The number of amides is 1. The first-order valence-electron chi connectivity index (χ1n) is 11.2. The molecule has 1 N–H and O–H groups in total. The van der Waals surface area contributed by atoms with Crippen molar-refractivity contribution in [2.45, 2.75) is 4.90 Å². The van der Waals surface area contributed by atoms with E-state index in [0.29, 0.717) is 22.9 Å². The average Bonchev–Trinajstić information content (AvgIpc) is 2.92. The molecule has 184 valence electrons. The maximum absolute atomic E-state index is 13.6. The monoisotopic (exact) mass is 502 g/mol. The Morgan fingerprint density at radius 2 is 1.31 bits per heavy atom. The standard InChI is InChI=1S/C28H26N2O5S/c1-34-23-14-12-22(13-15-23)30(36(32,33)25-18-16-24(35-2)17-19-25)20-28(31)29-27-11-7-6-10-26(27)21-8-4-3-5-9-21/h3-19H,20H2,1-2H3,(H,29,31). The third kappa shape index (κ3) is 5.50. The lowest BCUT2D eigenvalue weighted by Gasteiger charge is -2.24. The molecule has 0 saturated heterocycles. The molecule has 4 rings (SSSR count). The van der Waals surface area contributed by atoms with Crippen LogP contribution in [-0.4, -0.2) is 35.1 Å². The van der Waals surface area contributed by atoms with Crippen molar-refractivity contribution < 1.29 is 22.7 Å². The number of anilines is 2. The number of hydrogen-bond acceptors (Lipinski definition) is 5. The first kappa shape index (κ1) is 24.8. The third-order valence-electron chi connectivity index (χ3n) is 5.58. The van der Waals surface area contributed by atoms with Gasteiger partial charge in [-0.2, -0.15) is 0 Å². The van der Waals surface area contributed by atoms with Crippen molar-refractivity contribution in [2.24, 2.45) is 0 Å². The van der Waals surface area contributed by atoms with E-state index in [2.05, 4.69) is 5.32 Å². The molecule has 0 aliphatic rings. The van der Waals surface area contributed by atoms with E-state index in [9.17, 15) is 13.2 Å². The van der Waals surface area contributed by atoms with E-state index in [0.717, 1.165) is 15.4 Å². The van der Waals surface area contributed by atoms with Crippen LogP contribution >= 0.6 is 0 Å². The number of sulfonamides is 1. The molecular formula is C28H26N2O5S. The summed E-state index contributed by atoms with van der Waals surface area (Å²) in [5.74, 6) is 0.619. The summed E-state index contributed by atoms with van der Waals surface area (Å²) in [6.07, 6.45) is 0. The molecule has 0 bridgehead atoms. The fourth-order valence-electron chi connectivity index (χ4n) is 3.72. The molecule has 1 amide bonds. The number of nitrogens with zero attached hydrogens (tertiary/aromatic N) is 1. The SMILES string of the molecule is COc1ccc(N(CC(=O)Nc2ccccc2-c2ccccc2)S(=O)(=O)c2ccc(OC)cc2)cc1. The van der Waals surface area contributed by atoms with Crippen molar-refractivity contribution in [1.82, 2.24) is 0 Å². The lowest BCUT2D eigenvalue weighted by molar-refractivity contribution is -0.114. The Hall–Kier alpha value is -4.30. The molecule has 4 aromatic carbocycles. The fraction of sp³-hybridized carbons (Fsp3) is 0.107. The van der Waals surface area contributed by atoms with Gasteiger partial charge < -0.3 is 14.8 Å². The molecule has 0 radical (unpaired) electrons. The first-order valence-corrected chi connectivity index (χ1v) is 12.6. The van der Waals surface area contributed by atoms with Gasteiger partial charge in [0, 0.05) is 11.3 Å². The van der Waals surface area contributed by atoms with E-state index < -0.39 is 22.5 Å². The van der Waals surface area contributed by atoms with Crippen LogP contribution in [0.15, 0.2) is 108 Å². The van der Waals surface area contributed by atoms with Crippen molar-refractivity contribution in [1.29, 1.82) is 0 Å². The number of nitrogens with one attached hydrogen (secondary N) is 1. The number of carbonyl (C=O) groups is 1. The highest BCUT2D eigenvalue weighted by Crippen LogP contribution is 2.29. The summed E-state index contributed by atoms with van der Waals surface area (Å²) in [7, 11) is -1.04. The molecule has 0 saturated carbocycles. The van der Waals surface area contributed by atoms with Gasteiger partial charge in [0.2, 0.25) is 5.91 Å². The first-order chi connectivity index (χ1) is 17.4. The Morgan fingerprint density at radius 1 is 0.750 bits per heavy atom. The van der Waals surface area contributed by atoms with Crippen LogP contribution in [0.4, 0.5) is 11.4 Å². The van der Waals surface area contributed by atoms with E-state index in [1.165, 1.54) is 26.4 Å². The average molecular weight is 503 g/mol. The molecule has 0 aliphatic carbocycles. The fourth-order valence-corrected chi connectivity index (χ4v) is 5.14. The van der Waals surface area contributed by atoms with E-state index in [4.69, 9.17) is 9.47 Å². The topological polar surface area (TPSA) is 84.9 Å². The second-order valence-electron chi connectivity index (χ2n) is 7.85. The van der Waals surface area contributed by atoms with Gasteiger partial charge in [0.1, 0.15) is 18.0 Å². The van der Waals surface area contributed by atoms with Crippen LogP contribution in [0.25, 0.3) is 11.1 Å². The second kappa shape index (κ2) is 11.0. The normalized spacial score (nSPS) is 10.9. The molecule has 0 heterocycles. The lowest BCUT2D eigenvalue weighted by atomic mass is 10.0. The number of rotatable bonds is 9. The van der Waals surface area contributed by atoms with Crippen molar-refractivity contribution in [3.63, 3.8) is 0 Å². The van der Waals surface area contributed by atoms with Crippen LogP contribution in [0, 0.1) is 0 Å². The predicted molar refractivity (Wildman–Crippen MR) is 141 cm³/mol. The van der Waals surface area contributed by atoms with Crippen LogP contribution in [0.1, 0.15) is 0 Å². The van der Waals surface area contributed by atoms with Gasteiger partial charge in [-0.25, -0.2) is 8.42 Å². The van der Waals surface area contributed by atoms with Gasteiger partial charge in [-0.1, -0.05) is 48.5 Å². The largest absolute Gasteiger partial charge is 0.497 e. The molecule has 0 atom stereocenters. The highest BCUT2D eigenvalue weighted by atomic mass is 32.2. The highest BCUT2D eigenvalue weighted by molar-refractivity contribution is 7.92. The van der Waals surface area contributed by atoms with Gasteiger partial charge in [-0.15, -0.1) is 0 Å². The summed E-state index contributed by atoms with van der Waals surface area (Å²) in [6, 6.07) is 29.6. The van der Waals surface area contributed by atoms with Crippen molar-refractivity contribution in [2.75, 3.05) is 30.4 Å². The highest BCUT2D eigenvalue weighted by Gasteiger charge is 2.27. The number of methoxy groups -OCH3 is 2. The summed E-state index contributed by atoms with van der Waals surface area (Å²) < 4.78 is 38.7. The summed E-state index contributed by atoms with van der Waals surface area (Å²) in [5.41, 5.74) is 2.69. The van der Waals surface area contributed by atoms with Gasteiger partial charge >= 0.3 is 0 Å². The number of ether oxygens (including phenoxy) is 2. The number of para-hydroxylation sites is 1. The molecular weight excluding hydrogens is 476 g/mol. The molecule has 7 nitrogen and oxygen atoms in total. The van der Waals surface area contributed by atoms with Crippen LogP contribution in [0.5, 0.6) is 11.5 Å². The lowest BCUT2D eigenvalue weighted by Crippen LogP contribution is -2.38. The minimum atomic E-state index is -4.07. The Balaban J connectivity index is 1.66. The zero-order valence-corrected chi connectivity index (χ0v) is 20.7. The Morgan fingerprint density at radius 3 is 1.92 bits per heavy atom. The summed E-state index contributed by atoms with van der Waals surface area (Å²) in [6.45, 7) is -0.427. The van der Waals surface area contributed by atoms with Crippen LogP contribution in [0.3, 0.4) is 0 Å².